The largest absolute Gasteiger partial charge is 0.481 e. The van der Waals surface area contributed by atoms with E-state index in [4.69, 9.17) is 4.74 Å². The number of carbonyl (C=O) groups is 2. The summed E-state index contributed by atoms with van der Waals surface area (Å²) in [4.78, 5) is 39.8. The monoisotopic (exact) mass is 605 g/mol. The molecule has 0 spiro atoms. The summed E-state index contributed by atoms with van der Waals surface area (Å²) in [5, 5.41) is 12.6. The molecule has 3 fully saturated rings. The zero-order valence-electron chi connectivity index (χ0n) is 27.5. The van der Waals surface area contributed by atoms with Crippen LogP contribution in [0.1, 0.15) is 155 Å². The van der Waals surface area contributed by atoms with Gasteiger partial charge in [0.05, 0.1) is 24.7 Å². The molecule has 1 unspecified atom stereocenters. The van der Waals surface area contributed by atoms with Crippen LogP contribution in [0, 0.1) is 11.8 Å². The maximum absolute atomic E-state index is 13.0. The normalized spacial score (nSPS) is 22.0. The number of carboxylic acids is 1. The van der Waals surface area contributed by atoms with Crippen LogP contribution in [0.15, 0.2) is 4.99 Å². The van der Waals surface area contributed by atoms with E-state index >= 15 is 0 Å². The van der Waals surface area contributed by atoms with Gasteiger partial charge < -0.3 is 20.1 Å². The van der Waals surface area contributed by atoms with E-state index < -0.39 is 5.97 Å². The zero-order chi connectivity index (χ0) is 31.1. The lowest BCUT2D eigenvalue weighted by Crippen LogP contribution is -2.47. The molecular weight excluding hydrogens is 542 g/mol. The number of rotatable bonds is 17. The standard InChI is InChI=1S/C28H52N2O4.C7H11NO/c1-3-5-6-7-11-19-30(28(33)29-25-14-9-8-10-15-25)20-21-34-26-16-12-13-23(22-26)17-18-24(4-2)27(31)32;9-6-8-7-4-2-1-3-5-7/h23-26H,3-22H2,1-2H3,(H,29,33)(H,31,32);7H,1-5H2/t23-,24?,26-;/m0./s1. The topological polar surface area (TPSA) is 108 Å². The molecule has 3 aliphatic rings. The Labute approximate surface area is 262 Å². The van der Waals surface area contributed by atoms with Crippen LogP contribution in [-0.4, -0.2) is 66.0 Å². The number of carboxylic acid groups (broad SMARTS) is 1. The lowest BCUT2D eigenvalue weighted by Gasteiger charge is -2.31. The van der Waals surface area contributed by atoms with Crippen LogP contribution in [0.25, 0.3) is 0 Å². The van der Waals surface area contributed by atoms with Gasteiger partial charge in [0.2, 0.25) is 6.08 Å². The highest BCUT2D eigenvalue weighted by Gasteiger charge is 2.25. The van der Waals surface area contributed by atoms with Crippen molar-refractivity contribution in [2.24, 2.45) is 16.8 Å². The summed E-state index contributed by atoms with van der Waals surface area (Å²) in [6, 6.07) is 0.727. The van der Waals surface area contributed by atoms with E-state index in [2.05, 4.69) is 17.2 Å². The highest BCUT2D eigenvalue weighted by Crippen LogP contribution is 2.31. The van der Waals surface area contributed by atoms with E-state index in [-0.39, 0.29) is 18.1 Å². The molecular formula is C35H63N3O5. The molecule has 0 aromatic rings. The first-order valence-corrected chi connectivity index (χ1v) is 17.9. The molecule has 3 saturated carbocycles. The number of carbonyl (C=O) groups excluding carboxylic acids is 2. The molecule has 3 atom stereocenters. The van der Waals surface area contributed by atoms with Crippen molar-refractivity contribution in [3.8, 4) is 0 Å². The molecule has 0 radical (unpaired) electrons. The number of amides is 2. The first-order chi connectivity index (χ1) is 21.0. The fraction of sp³-hybridized carbons (Fsp3) is 0.914. The molecule has 0 saturated heterocycles. The molecule has 8 nitrogen and oxygen atoms in total. The van der Waals surface area contributed by atoms with Crippen LogP contribution in [0.4, 0.5) is 4.79 Å². The second-order valence-electron chi connectivity index (χ2n) is 13.2. The maximum Gasteiger partial charge on any atom is 0.317 e. The van der Waals surface area contributed by atoms with E-state index in [0.717, 1.165) is 70.8 Å². The summed E-state index contributed by atoms with van der Waals surface area (Å²) < 4.78 is 6.27. The van der Waals surface area contributed by atoms with E-state index in [1.54, 1.807) is 6.08 Å². The number of nitrogens with one attached hydrogen (secondary N) is 1. The van der Waals surface area contributed by atoms with Gasteiger partial charge in [0.1, 0.15) is 0 Å². The van der Waals surface area contributed by atoms with Crippen LogP contribution in [-0.2, 0) is 14.3 Å². The second-order valence-corrected chi connectivity index (χ2v) is 13.2. The van der Waals surface area contributed by atoms with Crippen molar-refractivity contribution in [1.82, 2.24) is 10.2 Å². The van der Waals surface area contributed by atoms with Crippen molar-refractivity contribution in [2.45, 2.75) is 173 Å². The third-order valence-corrected chi connectivity index (χ3v) is 9.78. The quantitative estimate of drug-likeness (QED) is 0.0983. The third-order valence-electron chi connectivity index (χ3n) is 9.78. The summed E-state index contributed by atoms with van der Waals surface area (Å²) >= 11 is 0. The minimum absolute atomic E-state index is 0.0896. The first-order valence-electron chi connectivity index (χ1n) is 17.9. The highest BCUT2D eigenvalue weighted by molar-refractivity contribution is 5.74. The van der Waals surface area contributed by atoms with Gasteiger partial charge in [-0.3, -0.25) is 4.79 Å². The molecule has 8 heteroatoms. The van der Waals surface area contributed by atoms with Gasteiger partial charge in [-0.15, -0.1) is 0 Å². The number of hydrogen-bond acceptors (Lipinski definition) is 5. The predicted octanol–water partition coefficient (Wildman–Crippen LogP) is 8.42. The molecule has 43 heavy (non-hydrogen) atoms. The predicted molar refractivity (Wildman–Crippen MR) is 173 cm³/mol. The van der Waals surface area contributed by atoms with Gasteiger partial charge in [0.15, 0.2) is 0 Å². The number of ether oxygens (including phenoxy) is 1. The number of urea groups is 1. The summed E-state index contributed by atoms with van der Waals surface area (Å²) in [5.41, 5.74) is 0. The smallest absolute Gasteiger partial charge is 0.317 e. The molecule has 0 aromatic carbocycles. The number of aliphatic carboxylic acids is 1. The Morgan fingerprint density at radius 1 is 0.907 bits per heavy atom. The molecule has 248 valence electrons. The average molecular weight is 606 g/mol. The fourth-order valence-electron chi connectivity index (χ4n) is 6.94. The molecule has 3 rings (SSSR count). The van der Waals surface area contributed by atoms with Crippen molar-refractivity contribution < 1.29 is 24.2 Å². The molecule has 0 bridgehead atoms. The van der Waals surface area contributed by atoms with Gasteiger partial charge >= 0.3 is 12.0 Å². The lowest BCUT2D eigenvalue weighted by molar-refractivity contribution is -0.142. The second kappa shape index (κ2) is 23.5. The number of unbranched alkanes of at least 4 members (excludes halogenated alkanes) is 4. The van der Waals surface area contributed by atoms with Crippen molar-refractivity contribution >= 4 is 18.1 Å². The Balaban J connectivity index is 0.000000609. The zero-order valence-corrected chi connectivity index (χ0v) is 27.5. The van der Waals surface area contributed by atoms with Crippen LogP contribution in [0.2, 0.25) is 0 Å². The third kappa shape index (κ3) is 16.7. The molecule has 0 aromatic heterocycles. The van der Waals surface area contributed by atoms with Gasteiger partial charge in [-0.1, -0.05) is 90.9 Å². The number of nitrogens with zero attached hydrogens (tertiary/aromatic N) is 2. The van der Waals surface area contributed by atoms with Crippen molar-refractivity contribution in [3.05, 3.63) is 0 Å². The fourth-order valence-corrected chi connectivity index (χ4v) is 6.94. The van der Waals surface area contributed by atoms with Gasteiger partial charge in [-0.05, 0) is 70.1 Å². The van der Waals surface area contributed by atoms with E-state index in [1.165, 1.54) is 70.6 Å². The van der Waals surface area contributed by atoms with Crippen LogP contribution >= 0.6 is 0 Å². The Morgan fingerprint density at radius 3 is 2.26 bits per heavy atom. The van der Waals surface area contributed by atoms with Crippen LogP contribution in [0.5, 0.6) is 0 Å². The minimum atomic E-state index is -0.660. The van der Waals surface area contributed by atoms with Gasteiger partial charge in [-0.2, -0.15) is 0 Å². The number of aliphatic imine (C=N–C) groups is 1. The highest BCUT2D eigenvalue weighted by atomic mass is 16.5. The first kappa shape index (κ1) is 37.3. The Morgan fingerprint density at radius 2 is 1.60 bits per heavy atom. The average Bonchev–Trinajstić information content (AvgIpc) is 3.02. The molecule has 3 aliphatic carbocycles. The SMILES string of the molecule is CCCCCCCN(CCO[C@H]1CCC[C@@H](CCC(CC)C(=O)O)C1)C(=O)NC1CCCCC1.O=C=NC1CCCCC1. The number of hydrogen-bond donors (Lipinski definition) is 2. The minimum Gasteiger partial charge on any atom is -0.481 e. The van der Waals surface area contributed by atoms with Gasteiger partial charge in [0.25, 0.3) is 0 Å². The maximum atomic E-state index is 13.0. The summed E-state index contributed by atoms with van der Waals surface area (Å²) in [6.45, 7) is 6.25. The van der Waals surface area contributed by atoms with Crippen molar-refractivity contribution in [3.63, 3.8) is 0 Å². The summed E-state index contributed by atoms with van der Waals surface area (Å²) in [5.74, 6) is -0.307. The molecule has 2 amide bonds. The lowest BCUT2D eigenvalue weighted by atomic mass is 9.82. The summed E-state index contributed by atoms with van der Waals surface area (Å²) in [7, 11) is 0. The summed E-state index contributed by atoms with van der Waals surface area (Å²) in [6.07, 6.45) is 26.7. The van der Waals surface area contributed by atoms with Crippen molar-refractivity contribution in [2.75, 3.05) is 19.7 Å². The molecule has 0 aliphatic heterocycles. The van der Waals surface area contributed by atoms with Gasteiger partial charge in [0, 0.05) is 19.1 Å². The Hall–Kier alpha value is -1.92. The Kier molecular flexibility index (Phi) is 20.3. The van der Waals surface area contributed by atoms with Crippen LogP contribution in [0.3, 0.4) is 0 Å². The molecule has 0 heterocycles. The Bertz CT molecular complexity index is 790. The number of isocyanates is 1. The van der Waals surface area contributed by atoms with E-state index in [9.17, 15) is 19.5 Å². The van der Waals surface area contributed by atoms with E-state index in [0.29, 0.717) is 37.6 Å². The van der Waals surface area contributed by atoms with Crippen molar-refractivity contribution in [1.29, 1.82) is 0 Å². The van der Waals surface area contributed by atoms with Gasteiger partial charge in [-0.25, -0.2) is 14.6 Å². The van der Waals surface area contributed by atoms with E-state index in [1.807, 2.05) is 11.8 Å². The van der Waals surface area contributed by atoms with Crippen LogP contribution < -0.4 is 5.32 Å². The molecule has 2 N–H and O–H groups in total.